The average Bonchev–Trinajstić information content (AvgIpc) is 2.71. The van der Waals surface area contributed by atoms with Crippen LogP contribution in [0.25, 0.3) is 0 Å². The van der Waals surface area contributed by atoms with Crippen molar-refractivity contribution in [3.05, 3.63) is 59.7 Å². The number of carboxylic acid groups (broad SMARTS) is 1. The Morgan fingerprint density at radius 3 is 1.61 bits per heavy atom. The van der Waals surface area contributed by atoms with Crippen molar-refractivity contribution >= 4 is 5.97 Å². The topological polar surface area (TPSA) is 88.0 Å². The standard InChI is InChI=1S/C21H18F9NO5/c1-11(17(33)34)18(31-10-16(32)19(22,23)24,12-4-2-6-14(8-12)35-20(25,26)27)13-5-3-7-15(9-13)36-21(28,29)30/h2-9,11,16,31-32H,10H2,1H3,(H,33,34)/t11-,16?/m0/s1. The second-order valence-corrected chi connectivity index (χ2v) is 7.46. The number of alkyl halides is 9. The van der Waals surface area contributed by atoms with Crippen molar-refractivity contribution in [1.29, 1.82) is 0 Å². The number of benzene rings is 2. The second kappa shape index (κ2) is 10.4. The van der Waals surface area contributed by atoms with Crippen LogP contribution in [0.1, 0.15) is 18.1 Å². The number of hydrogen-bond acceptors (Lipinski definition) is 5. The van der Waals surface area contributed by atoms with Gasteiger partial charge in [-0.15, -0.1) is 26.3 Å². The van der Waals surface area contributed by atoms with E-state index < -0.39 is 71.6 Å². The molecule has 0 aliphatic heterocycles. The summed E-state index contributed by atoms with van der Waals surface area (Å²) in [5, 5.41) is 21.4. The van der Waals surface area contributed by atoms with Gasteiger partial charge in [-0.25, -0.2) is 0 Å². The molecule has 6 nitrogen and oxygen atoms in total. The molecule has 3 N–H and O–H groups in total. The van der Waals surface area contributed by atoms with Crippen LogP contribution in [0.4, 0.5) is 39.5 Å². The van der Waals surface area contributed by atoms with Gasteiger partial charge in [0, 0.05) is 6.54 Å². The van der Waals surface area contributed by atoms with Gasteiger partial charge >= 0.3 is 24.9 Å². The van der Waals surface area contributed by atoms with Gasteiger partial charge in [-0.2, -0.15) is 13.2 Å². The fraction of sp³-hybridized carbons (Fsp3) is 0.381. The number of carbonyl (C=O) groups is 1. The first kappa shape index (κ1) is 29.0. The van der Waals surface area contributed by atoms with E-state index in [1.165, 1.54) is 0 Å². The highest BCUT2D eigenvalue weighted by molar-refractivity contribution is 5.73. The van der Waals surface area contributed by atoms with Crippen molar-refractivity contribution in [3.8, 4) is 11.5 Å². The minimum Gasteiger partial charge on any atom is -0.481 e. The van der Waals surface area contributed by atoms with Crippen molar-refractivity contribution in [2.45, 2.75) is 37.5 Å². The third kappa shape index (κ3) is 7.40. The van der Waals surface area contributed by atoms with E-state index in [4.69, 9.17) is 0 Å². The van der Waals surface area contributed by atoms with Gasteiger partial charge in [0.25, 0.3) is 0 Å². The number of hydrogen-bond donors (Lipinski definition) is 3. The van der Waals surface area contributed by atoms with E-state index in [0.29, 0.717) is 12.1 Å². The molecule has 2 aromatic rings. The van der Waals surface area contributed by atoms with Crippen molar-refractivity contribution in [2.75, 3.05) is 6.54 Å². The molecular formula is C21H18F9NO5. The Morgan fingerprint density at radius 1 is 0.861 bits per heavy atom. The number of ether oxygens (including phenoxy) is 2. The lowest BCUT2D eigenvalue weighted by molar-refractivity contribution is -0.275. The highest BCUT2D eigenvalue weighted by atomic mass is 19.4. The molecule has 1 unspecified atom stereocenters. The van der Waals surface area contributed by atoms with Crippen molar-refractivity contribution in [2.24, 2.45) is 5.92 Å². The Kier molecular flexibility index (Phi) is 8.41. The summed E-state index contributed by atoms with van der Waals surface area (Å²) in [4.78, 5) is 12.0. The molecule has 0 spiro atoms. The molecule has 0 radical (unpaired) electrons. The maximum atomic E-state index is 13.0. The number of nitrogens with one attached hydrogen (secondary N) is 1. The predicted molar refractivity (Wildman–Crippen MR) is 104 cm³/mol. The largest absolute Gasteiger partial charge is 0.573 e. The zero-order valence-electron chi connectivity index (χ0n) is 18.0. The number of halogens is 9. The van der Waals surface area contributed by atoms with E-state index in [1.807, 2.05) is 0 Å². The van der Waals surface area contributed by atoms with E-state index in [-0.39, 0.29) is 0 Å². The lowest BCUT2D eigenvalue weighted by Gasteiger charge is -2.40. The van der Waals surface area contributed by atoms with Crippen LogP contribution in [0.15, 0.2) is 48.5 Å². The van der Waals surface area contributed by atoms with Crippen molar-refractivity contribution in [1.82, 2.24) is 5.32 Å². The summed E-state index contributed by atoms with van der Waals surface area (Å²) < 4.78 is 123. The van der Waals surface area contributed by atoms with Crippen LogP contribution >= 0.6 is 0 Å². The number of carboxylic acids is 1. The van der Waals surface area contributed by atoms with Crippen LogP contribution < -0.4 is 14.8 Å². The molecule has 2 aromatic carbocycles. The Hall–Kier alpha value is -3.20. The van der Waals surface area contributed by atoms with Crippen LogP contribution in [0.3, 0.4) is 0 Å². The first-order chi connectivity index (χ1) is 16.3. The van der Waals surface area contributed by atoms with Gasteiger partial charge in [-0.1, -0.05) is 24.3 Å². The molecule has 2 rings (SSSR count). The highest BCUT2D eigenvalue weighted by Gasteiger charge is 2.47. The number of aliphatic carboxylic acids is 1. The Morgan fingerprint density at radius 2 is 1.28 bits per heavy atom. The molecule has 0 bridgehead atoms. The van der Waals surface area contributed by atoms with E-state index >= 15 is 0 Å². The van der Waals surface area contributed by atoms with Gasteiger partial charge < -0.3 is 25.0 Å². The zero-order chi connectivity index (χ0) is 27.5. The van der Waals surface area contributed by atoms with E-state index in [2.05, 4.69) is 14.8 Å². The smallest absolute Gasteiger partial charge is 0.481 e. The first-order valence-electron chi connectivity index (χ1n) is 9.80. The van der Waals surface area contributed by atoms with Crippen LogP contribution in [0.5, 0.6) is 11.5 Å². The molecule has 0 aliphatic carbocycles. The summed E-state index contributed by atoms with van der Waals surface area (Å²) in [5.74, 6) is -5.28. The van der Waals surface area contributed by atoms with Crippen LogP contribution in [-0.4, -0.2) is 47.7 Å². The van der Waals surface area contributed by atoms with Gasteiger partial charge in [0.15, 0.2) is 6.10 Å². The highest BCUT2D eigenvalue weighted by Crippen LogP contribution is 2.41. The predicted octanol–water partition coefficient (Wildman–Crippen LogP) is 4.96. The maximum absolute atomic E-state index is 13.0. The third-order valence-corrected chi connectivity index (χ3v) is 5.02. The number of rotatable bonds is 9. The lowest BCUT2D eigenvalue weighted by Crippen LogP contribution is -2.55. The Bertz CT molecular complexity index is 994. The molecule has 15 heteroatoms. The summed E-state index contributed by atoms with van der Waals surface area (Å²) in [6.45, 7) is -0.417. The molecule has 36 heavy (non-hydrogen) atoms. The summed E-state index contributed by atoms with van der Waals surface area (Å²) in [5.41, 5.74) is -3.25. The normalized spacial score (nSPS) is 14.8. The average molecular weight is 535 g/mol. The molecule has 200 valence electrons. The van der Waals surface area contributed by atoms with Gasteiger partial charge in [0.05, 0.1) is 11.5 Å². The molecule has 0 fully saturated rings. The molecule has 0 saturated carbocycles. The molecule has 0 heterocycles. The Labute approximate surface area is 197 Å². The van der Waals surface area contributed by atoms with Gasteiger partial charge in [0.2, 0.25) is 0 Å². The molecule has 0 amide bonds. The fourth-order valence-corrected chi connectivity index (χ4v) is 3.46. The van der Waals surface area contributed by atoms with Crippen molar-refractivity contribution < 1.29 is 64.0 Å². The van der Waals surface area contributed by atoms with E-state index in [0.717, 1.165) is 43.3 Å². The number of aliphatic hydroxyl groups is 1. The SMILES string of the molecule is C[C@@H](C(=O)O)C(NCC(O)C(F)(F)F)(c1cccc(OC(F)(F)F)c1)c1cccc(OC(F)(F)F)c1. The van der Waals surface area contributed by atoms with E-state index in [1.54, 1.807) is 0 Å². The summed E-state index contributed by atoms with van der Waals surface area (Å²) in [6, 6.07) is 6.98. The molecule has 0 aromatic heterocycles. The molecule has 0 aliphatic rings. The van der Waals surface area contributed by atoms with Gasteiger partial charge in [0.1, 0.15) is 11.5 Å². The number of aliphatic hydroxyl groups excluding tert-OH is 1. The Balaban J connectivity index is 2.79. The van der Waals surface area contributed by atoms with Crippen LogP contribution in [0.2, 0.25) is 0 Å². The molecule has 0 saturated heterocycles. The summed E-state index contributed by atoms with van der Waals surface area (Å²) in [6.07, 6.45) is -18.6. The maximum Gasteiger partial charge on any atom is 0.573 e. The third-order valence-electron chi connectivity index (χ3n) is 5.02. The summed E-state index contributed by atoms with van der Waals surface area (Å²) >= 11 is 0. The van der Waals surface area contributed by atoms with Crippen molar-refractivity contribution in [3.63, 3.8) is 0 Å². The summed E-state index contributed by atoms with van der Waals surface area (Å²) in [7, 11) is 0. The van der Waals surface area contributed by atoms with Gasteiger partial charge in [-0.05, 0) is 42.3 Å². The lowest BCUT2D eigenvalue weighted by atomic mass is 9.73. The first-order valence-corrected chi connectivity index (χ1v) is 9.80. The quantitative estimate of drug-likeness (QED) is 0.394. The van der Waals surface area contributed by atoms with E-state index in [9.17, 15) is 54.5 Å². The minimum atomic E-state index is -5.19. The minimum absolute atomic E-state index is 0.419. The molecular weight excluding hydrogens is 517 g/mol. The monoisotopic (exact) mass is 535 g/mol. The fourth-order valence-electron chi connectivity index (χ4n) is 3.46. The second-order valence-electron chi connectivity index (χ2n) is 7.46. The van der Waals surface area contributed by atoms with Crippen LogP contribution in [0, 0.1) is 5.92 Å². The van der Waals surface area contributed by atoms with Crippen LogP contribution in [-0.2, 0) is 10.3 Å². The van der Waals surface area contributed by atoms with Gasteiger partial charge in [-0.3, -0.25) is 4.79 Å². The molecule has 2 atom stereocenters. The zero-order valence-corrected chi connectivity index (χ0v) is 18.0.